The molecule has 0 amide bonds. The number of nitrogens with one attached hydrogen (secondary N) is 2. The summed E-state index contributed by atoms with van der Waals surface area (Å²) >= 11 is 6.63. The van der Waals surface area contributed by atoms with Crippen LogP contribution in [0, 0.1) is 0 Å². The maximum Gasteiger partial charge on any atom is 0.278 e. The predicted octanol–water partition coefficient (Wildman–Crippen LogP) is 4.47. The van der Waals surface area contributed by atoms with Crippen molar-refractivity contribution in [2.45, 2.75) is 9.79 Å². The lowest BCUT2D eigenvalue weighted by Crippen LogP contribution is -2.43. The van der Waals surface area contributed by atoms with Gasteiger partial charge in [-0.2, -0.15) is 12.2 Å². The molecule has 0 saturated carbocycles. The van der Waals surface area contributed by atoms with Crippen molar-refractivity contribution >= 4 is 65.3 Å². The highest BCUT2D eigenvalue weighted by atomic mass is 35.5. The van der Waals surface area contributed by atoms with Gasteiger partial charge in [-0.1, -0.05) is 42.5 Å². The Morgan fingerprint density at radius 1 is 0.800 bits per heavy atom. The molecule has 0 unspecified atom stereocenters. The molecular formula is C28H30ClN5O4S2. The van der Waals surface area contributed by atoms with Crippen molar-refractivity contribution in [3.63, 3.8) is 0 Å². The van der Waals surface area contributed by atoms with E-state index in [-0.39, 0.29) is 21.2 Å². The van der Waals surface area contributed by atoms with Crippen LogP contribution in [0.25, 0.3) is 10.8 Å². The highest BCUT2D eigenvalue weighted by Gasteiger charge is 2.30. The molecule has 0 radical (unpaired) electrons. The third kappa shape index (κ3) is 5.42. The van der Waals surface area contributed by atoms with Gasteiger partial charge in [0.05, 0.1) is 21.2 Å². The molecular weight excluding hydrogens is 570 g/mol. The molecule has 9 nitrogen and oxygen atoms in total. The first-order valence-electron chi connectivity index (χ1n) is 12.7. The van der Waals surface area contributed by atoms with Crippen LogP contribution in [0.3, 0.4) is 0 Å². The van der Waals surface area contributed by atoms with Crippen LogP contribution >= 0.6 is 11.8 Å². The Hall–Kier alpha value is -3.51. The number of halogens is 1. The van der Waals surface area contributed by atoms with Crippen molar-refractivity contribution in [3.05, 3.63) is 84.9 Å². The lowest BCUT2D eigenvalue weighted by Gasteiger charge is -2.30. The SMILES string of the molecule is CN(C)c1cccc2c(S(=O)(=O)N(Cl)c3ccc(N4CCNCC4)cc3NS(=O)(=O)c3ccccc3)cccc12. The summed E-state index contributed by atoms with van der Waals surface area (Å²) in [5.74, 6) is 0. The lowest BCUT2D eigenvalue weighted by atomic mass is 10.1. The van der Waals surface area contributed by atoms with Crippen molar-refractivity contribution in [1.29, 1.82) is 0 Å². The first-order chi connectivity index (χ1) is 19.1. The van der Waals surface area contributed by atoms with Crippen LogP contribution in [0.2, 0.25) is 0 Å². The Labute approximate surface area is 240 Å². The van der Waals surface area contributed by atoms with Crippen molar-refractivity contribution in [2.24, 2.45) is 0 Å². The van der Waals surface area contributed by atoms with E-state index < -0.39 is 20.0 Å². The Bertz CT molecular complexity index is 1740. The minimum atomic E-state index is -4.32. The fourth-order valence-electron chi connectivity index (χ4n) is 4.78. The number of fused-ring (bicyclic) bond motifs is 1. The molecule has 40 heavy (non-hydrogen) atoms. The summed E-state index contributed by atoms with van der Waals surface area (Å²) in [4.78, 5) is 4.05. The van der Waals surface area contributed by atoms with Crippen LogP contribution in [0.4, 0.5) is 22.7 Å². The summed E-state index contributed by atoms with van der Waals surface area (Å²) in [6.07, 6.45) is 0. The Kier molecular flexibility index (Phi) is 7.83. The maximum absolute atomic E-state index is 14.0. The first-order valence-corrected chi connectivity index (χ1v) is 15.9. The first kappa shape index (κ1) is 28.0. The van der Waals surface area contributed by atoms with Crippen LogP contribution in [-0.4, -0.2) is 57.1 Å². The van der Waals surface area contributed by atoms with Gasteiger partial charge >= 0.3 is 0 Å². The van der Waals surface area contributed by atoms with Crippen LogP contribution in [-0.2, 0) is 20.0 Å². The predicted molar refractivity (Wildman–Crippen MR) is 163 cm³/mol. The van der Waals surface area contributed by atoms with Crippen molar-refractivity contribution in [1.82, 2.24) is 5.32 Å². The standard InChI is InChI=1S/C28H30ClN5O4S2/c1-32(2)26-12-6-11-24-23(26)10-7-13-28(24)40(37,38)34(29)27-15-14-21(33-18-16-30-17-19-33)20-25(27)31-39(35,36)22-8-4-3-5-9-22/h3-15,20,30-31H,16-19H2,1-2H3. The largest absolute Gasteiger partial charge is 0.377 e. The van der Waals surface area contributed by atoms with Crippen LogP contribution in [0.1, 0.15) is 0 Å². The van der Waals surface area contributed by atoms with Gasteiger partial charge in [-0.05, 0) is 42.5 Å². The van der Waals surface area contributed by atoms with E-state index in [1.807, 2.05) is 31.1 Å². The number of piperazine rings is 1. The van der Waals surface area contributed by atoms with E-state index in [1.165, 1.54) is 24.3 Å². The molecule has 1 aliphatic heterocycles. The quantitative estimate of drug-likeness (QED) is 0.288. The average Bonchev–Trinajstić information content (AvgIpc) is 2.96. The molecule has 1 saturated heterocycles. The monoisotopic (exact) mass is 599 g/mol. The number of hydrogen-bond donors (Lipinski definition) is 2. The molecule has 210 valence electrons. The Balaban J connectivity index is 1.61. The van der Waals surface area contributed by atoms with Gasteiger partial charge in [-0.15, -0.1) is 0 Å². The molecule has 0 spiro atoms. The van der Waals surface area contributed by atoms with E-state index in [4.69, 9.17) is 11.8 Å². The van der Waals surface area contributed by atoms with Crippen molar-refractivity contribution < 1.29 is 16.8 Å². The van der Waals surface area contributed by atoms with Crippen LogP contribution < -0.4 is 23.7 Å². The summed E-state index contributed by atoms with van der Waals surface area (Å²) in [5.41, 5.74) is 1.64. The topological polar surface area (TPSA) is 102 Å². The van der Waals surface area contributed by atoms with E-state index in [0.29, 0.717) is 9.21 Å². The average molecular weight is 600 g/mol. The number of sulfonamides is 2. The van der Waals surface area contributed by atoms with E-state index in [9.17, 15) is 16.8 Å². The number of anilines is 4. The minimum Gasteiger partial charge on any atom is -0.377 e. The van der Waals surface area contributed by atoms with E-state index in [2.05, 4.69) is 14.9 Å². The second-order valence-corrected chi connectivity index (χ2v) is 13.6. The molecule has 0 aliphatic carbocycles. The third-order valence-electron chi connectivity index (χ3n) is 6.78. The minimum absolute atomic E-state index is 0.00625. The number of hydrogen-bond acceptors (Lipinski definition) is 7. The van der Waals surface area contributed by atoms with Crippen LogP contribution in [0.5, 0.6) is 0 Å². The van der Waals surface area contributed by atoms with Crippen LogP contribution in [0.15, 0.2) is 94.7 Å². The van der Waals surface area contributed by atoms with Gasteiger partial charge in [0.1, 0.15) is 0 Å². The summed E-state index contributed by atoms with van der Waals surface area (Å²) in [5, 5.41) is 4.54. The zero-order chi connectivity index (χ0) is 28.5. The summed E-state index contributed by atoms with van der Waals surface area (Å²) in [6.45, 7) is 2.99. The Morgan fingerprint density at radius 3 is 2.17 bits per heavy atom. The molecule has 12 heteroatoms. The number of rotatable bonds is 8. The summed E-state index contributed by atoms with van der Waals surface area (Å²) < 4.78 is 57.8. The van der Waals surface area contributed by atoms with Gasteiger partial charge in [-0.25, -0.2) is 8.42 Å². The Morgan fingerprint density at radius 2 is 1.48 bits per heavy atom. The zero-order valence-electron chi connectivity index (χ0n) is 22.1. The molecule has 1 aliphatic rings. The van der Waals surface area contributed by atoms with E-state index in [1.54, 1.807) is 48.5 Å². The van der Waals surface area contributed by atoms with Gasteiger partial charge in [0.2, 0.25) is 0 Å². The van der Waals surface area contributed by atoms with Gasteiger partial charge < -0.3 is 15.1 Å². The molecule has 1 heterocycles. The lowest BCUT2D eigenvalue weighted by molar-refractivity contribution is 0.589. The molecule has 2 N–H and O–H groups in total. The number of nitrogens with zero attached hydrogens (tertiary/aromatic N) is 3. The summed E-state index contributed by atoms with van der Waals surface area (Å²) in [7, 11) is -4.60. The van der Waals surface area contributed by atoms with Crippen molar-refractivity contribution in [3.8, 4) is 0 Å². The molecule has 0 bridgehead atoms. The van der Waals surface area contributed by atoms with Gasteiger partial charge in [0.25, 0.3) is 20.0 Å². The number of benzene rings is 4. The highest BCUT2D eigenvalue weighted by Crippen LogP contribution is 2.39. The molecule has 0 aromatic heterocycles. The summed E-state index contributed by atoms with van der Waals surface area (Å²) in [6, 6.07) is 23.2. The second-order valence-electron chi connectivity index (χ2n) is 9.60. The molecule has 1 fully saturated rings. The van der Waals surface area contributed by atoms with E-state index in [0.717, 1.165) is 42.9 Å². The maximum atomic E-state index is 14.0. The molecule has 4 aromatic carbocycles. The molecule has 5 rings (SSSR count). The molecule has 0 atom stereocenters. The van der Waals surface area contributed by atoms with Gasteiger partial charge in [0, 0.05) is 74.2 Å². The smallest absolute Gasteiger partial charge is 0.278 e. The van der Waals surface area contributed by atoms with E-state index >= 15 is 0 Å². The highest BCUT2D eigenvalue weighted by molar-refractivity contribution is 7.94. The normalized spacial score (nSPS) is 14.2. The van der Waals surface area contributed by atoms with Gasteiger partial charge in [0.15, 0.2) is 0 Å². The zero-order valence-corrected chi connectivity index (χ0v) is 24.5. The fraction of sp³-hybridized carbons (Fsp3) is 0.214. The molecule has 4 aromatic rings. The van der Waals surface area contributed by atoms with Gasteiger partial charge in [-0.3, -0.25) is 4.72 Å². The second kappa shape index (κ2) is 11.2. The third-order valence-corrected chi connectivity index (χ3v) is 10.4. The fourth-order valence-corrected chi connectivity index (χ4v) is 7.53. The van der Waals surface area contributed by atoms with Crippen molar-refractivity contribution in [2.75, 3.05) is 58.6 Å².